The zero-order valence-electron chi connectivity index (χ0n) is 10.1. The van der Waals surface area contributed by atoms with E-state index in [0.29, 0.717) is 17.3 Å². The van der Waals surface area contributed by atoms with Crippen LogP contribution in [0.1, 0.15) is 38.2 Å². The highest BCUT2D eigenvalue weighted by Crippen LogP contribution is 2.27. The molecule has 1 aliphatic heterocycles. The van der Waals surface area contributed by atoms with E-state index >= 15 is 0 Å². The van der Waals surface area contributed by atoms with Gasteiger partial charge in [-0.1, -0.05) is 12.8 Å². The van der Waals surface area contributed by atoms with Crippen molar-refractivity contribution >= 4 is 5.69 Å². The van der Waals surface area contributed by atoms with Crippen molar-refractivity contribution in [3.8, 4) is 6.07 Å². The van der Waals surface area contributed by atoms with Crippen LogP contribution >= 0.6 is 0 Å². The van der Waals surface area contributed by atoms with Crippen molar-refractivity contribution in [3.05, 3.63) is 29.6 Å². The summed E-state index contributed by atoms with van der Waals surface area (Å²) in [6.45, 7) is 3.05. The Hall–Kier alpha value is -1.56. The molecule has 17 heavy (non-hydrogen) atoms. The zero-order chi connectivity index (χ0) is 12.3. The third-order valence-electron chi connectivity index (χ3n) is 3.44. The maximum absolute atomic E-state index is 13.9. The molecular formula is C14H17FN2. The largest absolute Gasteiger partial charge is 0.366 e. The van der Waals surface area contributed by atoms with Gasteiger partial charge >= 0.3 is 0 Å². The van der Waals surface area contributed by atoms with E-state index in [1.54, 1.807) is 12.1 Å². The Morgan fingerprint density at radius 2 is 2.18 bits per heavy atom. The van der Waals surface area contributed by atoms with E-state index in [9.17, 15) is 4.39 Å². The number of nitrogens with zero attached hydrogens (tertiary/aromatic N) is 2. The zero-order valence-corrected chi connectivity index (χ0v) is 10.1. The Bertz CT molecular complexity index is 436. The number of hydrogen-bond donors (Lipinski definition) is 0. The monoisotopic (exact) mass is 232 g/mol. The molecular weight excluding hydrogens is 215 g/mol. The molecule has 1 fully saturated rings. The second-order valence-corrected chi connectivity index (χ2v) is 4.67. The molecule has 1 unspecified atom stereocenters. The molecule has 2 nitrogen and oxygen atoms in total. The van der Waals surface area contributed by atoms with Crippen molar-refractivity contribution in [2.24, 2.45) is 0 Å². The SMILES string of the molecule is CC1CCCCCN1c1ccc(C#N)cc1F. The second-order valence-electron chi connectivity index (χ2n) is 4.67. The molecule has 1 aromatic carbocycles. The van der Waals surface area contributed by atoms with Gasteiger partial charge in [-0.25, -0.2) is 4.39 Å². The van der Waals surface area contributed by atoms with Crippen LogP contribution in [-0.2, 0) is 0 Å². The Kier molecular flexibility index (Phi) is 3.63. The lowest BCUT2D eigenvalue weighted by atomic mass is 10.1. The van der Waals surface area contributed by atoms with E-state index in [4.69, 9.17) is 5.26 Å². The summed E-state index contributed by atoms with van der Waals surface area (Å²) < 4.78 is 13.9. The first kappa shape index (κ1) is 11.9. The van der Waals surface area contributed by atoms with Crippen molar-refractivity contribution in [1.29, 1.82) is 5.26 Å². The van der Waals surface area contributed by atoms with Crippen molar-refractivity contribution in [2.45, 2.75) is 38.6 Å². The van der Waals surface area contributed by atoms with Crippen LogP contribution in [0.5, 0.6) is 0 Å². The minimum Gasteiger partial charge on any atom is -0.366 e. The average Bonchev–Trinajstić information content (AvgIpc) is 2.54. The van der Waals surface area contributed by atoms with E-state index in [0.717, 1.165) is 19.4 Å². The molecule has 0 spiro atoms. The van der Waals surface area contributed by atoms with Crippen molar-refractivity contribution in [2.75, 3.05) is 11.4 Å². The van der Waals surface area contributed by atoms with Crippen LogP contribution in [0.25, 0.3) is 0 Å². The molecule has 3 heteroatoms. The Labute approximate surface area is 102 Å². The minimum atomic E-state index is -0.280. The number of nitriles is 1. The summed E-state index contributed by atoms with van der Waals surface area (Å²) in [5, 5.41) is 8.73. The quantitative estimate of drug-likeness (QED) is 0.741. The van der Waals surface area contributed by atoms with Gasteiger partial charge in [0.1, 0.15) is 5.82 Å². The highest BCUT2D eigenvalue weighted by atomic mass is 19.1. The molecule has 0 saturated carbocycles. The average molecular weight is 232 g/mol. The summed E-state index contributed by atoms with van der Waals surface area (Å²) in [5.41, 5.74) is 1.02. The summed E-state index contributed by atoms with van der Waals surface area (Å²) >= 11 is 0. The summed E-state index contributed by atoms with van der Waals surface area (Å²) in [5.74, 6) is -0.280. The molecule has 1 saturated heterocycles. The summed E-state index contributed by atoms with van der Waals surface area (Å²) in [6.07, 6.45) is 4.66. The van der Waals surface area contributed by atoms with Gasteiger partial charge in [0.05, 0.1) is 17.3 Å². The van der Waals surface area contributed by atoms with Gasteiger partial charge in [0.15, 0.2) is 0 Å². The third-order valence-corrected chi connectivity index (χ3v) is 3.44. The van der Waals surface area contributed by atoms with Crippen LogP contribution < -0.4 is 4.90 Å². The summed E-state index contributed by atoms with van der Waals surface area (Å²) in [6, 6.07) is 7.09. The van der Waals surface area contributed by atoms with E-state index in [2.05, 4.69) is 11.8 Å². The van der Waals surface area contributed by atoms with Gasteiger partial charge < -0.3 is 4.90 Å². The van der Waals surface area contributed by atoms with Gasteiger partial charge in [0, 0.05) is 12.6 Å². The Morgan fingerprint density at radius 3 is 2.88 bits per heavy atom. The fourth-order valence-corrected chi connectivity index (χ4v) is 2.44. The van der Waals surface area contributed by atoms with Gasteiger partial charge in [-0.2, -0.15) is 5.26 Å². The molecule has 1 heterocycles. The van der Waals surface area contributed by atoms with Crippen LogP contribution in [-0.4, -0.2) is 12.6 Å². The van der Waals surface area contributed by atoms with Gasteiger partial charge in [0.25, 0.3) is 0 Å². The molecule has 0 bridgehead atoms. The van der Waals surface area contributed by atoms with Crippen LogP contribution in [0.2, 0.25) is 0 Å². The van der Waals surface area contributed by atoms with Gasteiger partial charge in [-0.3, -0.25) is 0 Å². The van der Waals surface area contributed by atoms with E-state index in [1.807, 2.05) is 6.07 Å². The first-order valence-corrected chi connectivity index (χ1v) is 6.18. The van der Waals surface area contributed by atoms with Crippen molar-refractivity contribution < 1.29 is 4.39 Å². The standard InChI is InChI=1S/C14H17FN2/c1-11-5-3-2-4-8-17(11)14-7-6-12(10-16)9-13(14)15/h6-7,9,11H,2-5,8H2,1H3. The molecule has 0 aliphatic carbocycles. The lowest BCUT2D eigenvalue weighted by Crippen LogP contribution is -2.33. The molecule has 1 atom stereocenters. The van der Waals surface area contributed by atoms with Crippen LogP contribution in [0.3, 0.4) is 0 Å². The van der Waals surface area contributed by atoms with E-state index in [-0.39, 0.29) is 5.82 Å². The van der Waals surface area contributed by atoms with Crippen LogP contribution in [0, 0.1) is 17.1 Å². The first-order chi connectivity index (χ1) is 8.22. The Morgan fingerprint density at radius 1 is 1.35 bits per heavy atom. The van der Waals surface area contributed by atoms with E-state index in [1.165, 1.54) is 18.9 Å². The second kappa shape index (κ2) is 5.18. The molecule has 0 N–H and O–H groups in total. The Balaban J connectivity index is 2.29. The molecule has 90 valence electrons. The van der Waals surface area contributed by atoms with Crippen LogP contribution in [0.15, 0.2) is 18.2 Å². The minimum absolute atomic E-state index is 0.280. The highest BCUT2D eigenvalue weighted by molar-refractivity contribution is 5.52. The van der Waals surface area contributed by atoms with Crippen LogP contribution in [0.4, 0.5) is 10.1 Å². The fourth-order valence-electron chi connectivity index (χ4n) is 2.44. The number of anilines is 1. The highest BCUT2D eigenvalue weighted by Gasteiger charge is 2.19. The van der Waals surface area contributed by atoms with Crippen molar-refractivity contribution in [3.63, 3.8) is 0 Å². The molecule has 1 aliphatic rings. The van der Waals surface area contributed by atoms with Gasteiger partial charge in [-0.15, -0.1) is 0 Å². The lowest BCUT2D eigenvalue weighted by Gasteiger charge is -2.29. The molecule has 0 aromatic heterocycles. The predicted octanol–water partition coefficient (Wildman–Crippen LogP) is 3.47. The molecule has 0 amide bonds. The summed E-state index contributed by atoms with van der Waals surface area (Å²) in [4.78, 5) is 2.13. The molecule has 1 aromatic rings. The maximum Gasteiger partial charge on any atom is 0.147 e. The van der Waals surface area contributed by atoms with Crippen molar-refractivity contribution in [1.82, 2.24) is 0 Å². The predicted molar refractivity (Wildman–Crippen MR) is 66.4 cm³/mol. The topological polar surface area (TPSA) is 27.0 Å². The smallest absolute Gasteiger partial charge is 0.147 e. The summed E-state index contributed by atoms with van der Waals surface area (Å²) in [7, 11) is 0. The van der Waals surface area contributed by atoms with E-state index < -0.39 is 0 Å². The maximum atomic E-state index is 13.9. The molecule has 0 radical (unpaired) electrons. The lowest BCUT2D eigenvalue weighted by molar-refractivity contribution is 0.580. The number of rotatable bonds is 1. The van der Waals surface area contributed by atoms with Gasteiger partial charge in [-0.05, 0) is 38.0 Å². The normalized spacial score (nSPS) is 20.8. The number of halogens is 1. The van der Waals surface area contributed by atoms with Gasteiger partial charge in [0.2, 0.25) is 0 Å². The fraction of sp³-hybridized carbons (Fsp3) is 0.500. The first-order valence-electron chi connectivity index (χ1n) is 6.18. The molecule has 2 rings (SSSR count). The number of hydrogen-bond acceptors (Lipinski definition) is 2. The number of benzene rings is 1. The third kappa shape index (κ3) is 2.58.